The fourth-order valence-electron chi connectivity index (χ4n) is 1.84. The molecule has 0 saturated heterocycles. The van der Waals surface area contributed by atoms with E-state index < -0.39 is 11.9 Å². The van der Waals surface area contributed by atoms with Gasteiger partial charge in [0.25, 0.3) is 0 Å². The van der Waals surface area contributed by atoms with Crippen molar-refractivity contribution in [2.24, 2.45) is 0 Å². The third-order valence-electron chi connectivity index (χ3n) is 2.52. The molecular weight excluding hydrogens is 262 g/mol. The van der Waals surface area contributed by atoms with E-state index in [1.54, 1.807) is 24.5 Å². The number of hydrogen-bond donors (Lipinski definition) is 0. The maximum absolute atomic E-state index is 11.2. The first-order chi connectivity index (χ1) is 9.52. The van der Waals surface area contributed by atoms with Gasteiger partial charge in [-0.2, -0.15) is 0 Å². The van der Waals surface area contributed by atoms with Gasteiger partial charge >= 0.3 is 11.9 Å². The van der Waals surface area contributed by atoms with Crippen molar-refractivity contribution >= 4 is 22.7 Å². The summed E-state index contributed by atoms with van der Waals surface area (Å²) in [5, 5.41) is 1.41. The van der Waals surface area contributed by atoms with Crippen LogP contribution < -0.4 is 14.2 Å². The standard InChI is InChI=1S/C14H13NO5/c1-8(16)19-12-6-10-7-15-5-4-11(10)13(18-3)14(12)20-9(2)17/h4-7H,1-3H3. The summed E-state index contributed by atoms with van der Waals surface area (Å²) in [7, 11) is 1.44. The van der Waals surface area contributed by atoms with Crippen molar-refractivity contribution in [2.75, 3.05) is 7.11 Å². The average molecular weight is 275 g/mol. The summed E-state index contributed by atoms with van der Waals surface area (Å²) in [6.45, 7) is 2.52. The van der Waals surface area contributed by atoms with Gasteiger partial charge in [0.15, 0.2) is 11.5 Å². The van der Waals surface area contributed by atoms with Crippen LogP contribution in [0.5, 0.6) is 17.2 Å². The fourth-order valence-corrected chi connectivity index (χ4v) is 1.84. The summed E-state index contributed by atoms with van der Waals surface area (Å²) in [5.41, 5.74) is 0. The lowest BCUT2D eigenvalue weighted by Gasteiger charge is -2.14. The maximum atomic E-state index is 11.2. The molecule has 0 spiro atoms. The molecule has 1 aromatic carbocycles. The molecule has 1 aromatic heterocycles. The molecule has 0 fully saturated rings. The first kappa shape index (κ1) is 13.8. The number of carbonyl (C=O) groups excluding carboxylic acids is 2. The first-order valence-electron chi connectivity index (χ1n) is 5.84. The van der Waals surface area contributed by atoms with Crippen LogP contribution >= 0.6 is 0 Å². The molecule has 104 valence electrons. The van der Waals surface area contributed by atoms with Gasteiger partial charge in [-0.1, -0.05) is 0 Å². The summed E-state index contributed by atoms with van der Waals surface area (Å²) in [6, 6.07) is 3.29. The van der Waals surface area contributed by atoms with Gasteiger partial charge in [-0.15, -0.1) is 0 Å². The van der Waals surface area contributed by atoms with E-state index in [0.29, 0.717) is 16.5 Å². The van der Waals surface area contributed by atoms with E-state index in [9.17, 15) is 9.59 Å². The number of hydrogen-bond acceptors (Lipinski definition) is 6. The zero-order valence-electron chi connectivity index (χ0n) is 11.3. The summed E-state index contributed by atoms with van der Waals surface area (Å²) in [5.74, 6) is -0.552. The van der Waals surface area contributed by atoms with E-state index >= 15 is 0 Å². The van der Waals surface area contributed by atoms with Gasteiger partial charge in [-0.3, -0.25) is 14.6 Å². The Hall–Kier alpha value is -2.63. The maximum Gasteiger partial charge on any atom is 0.308 e. The number of benzene rings is 1. The lowest BCUT2D eigenvalue weighted by atomic mass is 10.1. The van der Waals surface area contributed by atoms with E-state index in [2.05, 4.69) is 4.98 Å². The summed E-state index contributed by atoms with van der Waals surface area (Å²) in [6.07, 6.45) is 3.19. The lowest BCUT2D eigenvalue weighted by Crippen LogP contribution is -2.08. The molecule has 20 heavy (non-hydrogen) atoms. The van der Waals surface area contributed by atoms with Crippen LogP contribution in [-0.4, -0.2) is 24.0 Å². The van der Waals surface area contributed by atoms with Crippen LogP contribution in [0.15, 0.2) is 24.5 Å². The SMILES string of the molecule is COc1c(OC(C)=O)c(OC(C)=O)cc2cnccc12. The molecule has 2 aromatic rings. The minimum atomic E-state index is -0.537. The van der Waals surface area contributed by atoms with Crippen LogP contribution in [0.25, 0.3) is 10.8 Å². The van der Waals surface area contributed by atoms with Crippen LogP contribution in [0.3, 0.4) is 0 Å². The van der Waals surface area contributed by atoms with Crippen molar-refractivity contribution in [2.45, 2.75) is 13.8 Å². The number of ether oxygens (including phenoxy) is 3. The predicted molar refractivity (Wildman–Crippen MR) is 70.9 cm³/mol. The number of fused-ring (bicyclic) bond motifs is 1. The Labute approximate surface area is 115 Å². The number of nitrogens with zero attached hydrogens (tertiary/aromatic N) is 1. The third kappa shape index (κ3) is 2.69. The van der Waals surface area contributed by atoms with Crippen molar-refractivity contribution in [1.82, 2.24) is 4.98 Å². The summed E-state index contributed by atoms with van der Waals surface area (Å²) >= 11 is 0. The van der Waals surface area contributed by atoms with Crippen molar-refractivity contribution in [3.8, 4) is 17.2 Å². The molecule has 0 atom stereocenters. The largest absolute Gasteiger partial charge is 0.492 e. The third-order valence-corrected chi connectivity index (χ3v) is 2.52. The molecule has 0 aliphatic rings. The first-order valence-corrected chi connectivity index (χ1v) is 5.84. The van der Waals surface area contributed by atoms with E-state index in [1.165, 1.54) is 21.0 Å². The Kier molecular flexibility index (Phi) is 3.84. The highest BCUT2D eigenvalue weighted by Crippen LogP contribution is 2.43. The number of pyridine rings is 1. The highest BCUT2D eigenvalue weighted by Gasteiger charge is 2.19. The zero-order valence-corrected chi connectivity index (χ0v) is 11.3. The molecule has 0 unspecified atom stereocenters. The van der Waals surface area contributed by atoms with Gasteiger partial charge in [-0.05, 0) is 12.1 Å². The van der Waals surface area contributed by atoms with Gasteiger partial charge < -0.3 is 14.2 Å². The molecule has 0 N–H and O–H groups in total. The Morgan fingerprint density at radius 2 is 1.80 bits per heavy atom. The van der Waals surface area contributed by atoms with Gasteiger partial charge in [0.05, 0.1) is 7.11 Å². The van der Waals surface area contributed by atoms with Crippen LogP contribution in [0.2, 0.25) is 0 Å². The summed E-state index contributed by atoms with van der Waals surface area (Å²) < 4.78 is 15.5. The fraction of sp³-hybridized carbons (Fsp3) is 0.214. The Balaban J connectivity index is 2.73. The Morgan fingerprint density at radius 3 is 2.40 bits per heavy atom. The number of carbonyl (C=O) groups is 2. The molecule has 0 radical (unpaired) electrons. The van der Waals surface area contributed by atoms with Crippen molar-refractivity contribution in [3.05, 3.63) is 24.5 Å². The Bertz CT molecular complexity index is 681. The minimum absolute atomic E-state index is 0.0777. The van der Waals surface area contributed by atoms with Gasteiger partial charge in [-0.25, -0.2) is 0 Å². The second-order valence-corrected chi connectivity index (χ2v) is 4.02. The highest BCUT2D eigenvalue weighted by molar-refractivity contribution is 5.94. The number of methoxy groups -OCH3 is 1. The van der Waals surface area contributed by atoms with E-state index in [4.69, 9.17) is 14.2 Å². The molecule has 0 aliphatic carbocycles. The molecule has 0 bridgehead atoms. The second kappa shape index (κ2) is 5.56. The van der Waals surface area contributed by atoms with Crippen LogP contribution in [-0.2, 0) is 9.59 Å². The van der Waals surface area contributed by atoms with Crippen LogP contribution in [0, 0.1) is 0 Å². The van der Waals surface area contributed by atoms with Crippen LogP contribution in [0.4, 0.5) is 0 Å². The van der Waals surface area contributed by atoms with Crippen LogP contribution in [0.1, 0.15) is 13.8 Å². The smallest absolute Gasteiger partial charge is 0.308 e. The minimum Gasteiger partial charge on any atom is -0.492 e. The van der Waals surface area contributed by atoms with Crippen molar-refractivity contribution < 1.29 is 23.8 Å². The Morgan fingerprint density at radius 1 is 1.10 bits per heavy atom. The van der Waals surface area contributed by atoms with E-state index in [0.717, 1.165) is 0 Å². The van der Waals surface area contributed by atoms with Crippen molar-refractivity contribution in [1.29, 1.82) is 0 Å². The van der Waals surface area contributed by atoms with Gasteiger partial charge in [0.2, 0.25) is 5.75 Å². The van der Waals surface area contributed by atoms with Gasteiger partial charge in [0.1, 0.15) is 0 Å². The molecular formula is C14H13NO5. The van der Waals surface area contributed by atoms with E-state index in [1.807, 2.05) is 0 Å². The van der Waals surface area contributed by atoms with E-state index in [-0.39, 0.29) is 11.5 Å². The second-order valence-electron chi connectivity index (χ2n) is 4.02. The highest BCUT2D eigenvalue weighted by atomic mass is 16.6. The summed E-state index contributed by atoms with van der Waals surface area (Å²) in [4.78, 5) is 26.4. The number of aromatic nitrogens is 1. The predicted octanol–water partition coefficient (Wildman–Crippen LogP) is 2.09. The molecule has 6 nitrogen and oxygen atoms in total. The molecule has 2 rings (SSSR count). The molecule has 0 amide bonds. The molecule has 0 aliphatic heterocycles. The van der Waals surface area contributed by atoms with Crippen molar-refractivity contribution in [3.63, 3.8) is 0 Å². The lowest BCUT2D eigenvalue weighted by molar-refractivity contribution is -0.134. The topological polar surface area (TPSA) is 74.7 Å². The molecule has 1 heterocycles. The number of esters is 2. The zero-order chi connectivity index (χ0) is 14.7. The quantitative estimate of drug-likeness (QED) is 0.630. The molecule has 0 saturated carbocycles. The van der Waals surface area contributed by atoms with Gasteiger partial charge in [0, 0.05) is 37.0 Å². The normalized spacial score (nSPS) is 10.2. The number of rotatable bonds is 3. The average Bonchev–Trinajstić information content (AvgIpc) is 2.38. The molecule has 6 heteroatoms. The monoisotopic (exact) mass is 275 g/mol.